The number of carbonyl (C=O) groups is 1. The molecule has 0 saturated heterocycles. The van der Waals surface area contributed by atoms with Gasteiger partial charge in [-0.15, -0.1) is 0 Å². The first kappa shape index (κ1) is 14.9. The van der Waals surface area contributed by atoms with E-state index in [1.165, 1.54) is 18.4 Å². The van der Waals surface area contributed by atoms with Crippen molar-refractivity contribution < 1.29 is 9.53 Å². The van der Waals surface area contributed by atoms with Gasteiger partial charge in [0.15, 0.2) is 6.61 Å². The van der Waals surface area contributed by atoms with Crippen molar-refractivity contribution in [3.05, 3.63) is 29.8 Å². The molecule has 0 aromatic heterocycles. The molecular formula is C16H24N2O2. The normalized spacial score (nSPS) is 16.0. The Morgan fingerprint density at radius 1 is 1.35 bits per heavy atom. The van der Waals surface area contributed by atoms with Gasteiger partial charge in [-0.05, 0) is 42.4 Å². The van der Waals surface area contributed by atoms with Crippen molar-refractivity contribution in [1.29, 1.82) is 0 Å². The zero-order valence-electron chi connectivity index (χ0n) is 12.3. The molecule has 1 unspecified atom stereocenters. The van der Waals surface area contributed by atoms with E-state index in [1.807, 2.05) is 24.3 Å². The van der Waals surface area contributed by atoms with Crippen LogP contribution < -0.4 is 15.8 Å². The van der Waals surface area contributed by atoms with Crippen molar-refractivity contribution in [2.24, 2.45) is 11.7 Å². The summed E-state index contributed by atoms with van der Waals surface area (Å²) in [6.45, 7) is 4.87. The fourth-order valence-electron chi connectivity index (χ4n) is 2.07. The van der Waals surface area contributed by atoms with Gasteiger partial charge in [0.05, 0.1) is 0 Å². The third kappa shape index (κ3) is 4.53. The van der Waals surface area contributed by atoms with Gasteiger partial charge >= 0.3 is 0 Å². The van der Waals surface area contributed by atoms with Crippen molar-refractivity contribution in [3.63, 3.8) is 0 Å². The van der Waals surface area contributed by atoms with Crippen LogP contribution in [0.5, 0.6) is 5.75 Å². The zero-order chi connectivity index (χ0) is 14.5. The number of benzene rings is 1. The van der Waals surface area contributed by atoms with E-state index >= 15 is 0 Å². The average Bonchev–Trinajstić information content (AvgIpc) is 3.27. The maximum Gasteiger partial charge on any atom is 0.257 e. The summed E-state index contributed by atoms with van der Waals surface area (Å²) in [6.07, 6.45) is 2.38. The van der Waals surface area contributed by atoms with Crippen LogP contribution in [0, 0.1) is 5.92 Å². The second kappa shape index (κ2) is 6.75. The Kier molecular flexibility index (Phi) is 5.01. The molecule has 0 aliphatic heterocycles. The van der Waals surface area contributed by atoms with E-state index in [4.69, 9.17) is 10.5 Å². The van der Waals surface area contributed by atoms with Crippen LogP contribution in [0.2, 0.25) is 0 Å². The van der Waals surface area contributed by atoms with E-state index in [0.29, 0.717) is 18.4 Å². The molecule has 1 atom stereocenters. The molecular weight excluding hydrogens is 252 g/mol. The minimum absolute atomic E-state index is 0.0401. The van der Waals surface area contributed by atoms with E-state index in [1.54, 1.807) is 0 Å². The summed E-state index contributed by atoms with van der Waals surface area (Å²) < 4.78 is 5.46. The second-order valence-corrected chi connectivity index (χ2v) is 5.82. The molecule has 4 nitrogen and oxygen atoms in total. The Morgan fingerprint density at radius 3 is 2.55 bits per heavy atom. The maximum atomic E-state index is 11.6. The molecule has 0 radical (unpaired) electrons. The molecule has 0 spiro atoms. The number of rotatable bonds is 7. The molecule has 1 aliphatic rings. The smallest absolute Gasteiger partial charge is 0.257 e. The van der Waals surface area contributed by atoms with Crippen LogP contribution in [0.1, 0.15) is 38.2 Å². The van der Waals surface area contributed by atoms with Crippen molar-refractivity contribution in [3.8, 4) is 5.75 Å². The molecule has 20 heavy (non-hydrogen) atoms. The summed E-state index contributed by atoms with van der Waals surface area (Å²) in [5.74, 6) is 1.70. The van der Waals surface area contributed by atoms with Gasteiger partial charge in [0.25, 0.3) is 5.91 Å². The monoisotopic (exact) mass is 276 g/mol. The lowest BCUT2D eigenvalue weighted by atomic mass is 10.0. The first-order valence-corrected chi connectivity index (χ1v) is 7.31. The third-order valence-electron chi connectivity index (χ3n) is 3.68. The molecule has 1 saturated carbocycles. The summed E-state index contributed by atoms with van der Waals surface area (Å²) in [7, 11) is 0. The van der Waals surface area contributed by atoms with Gasteiger partial charge in [0, 0.05) is 12.6 Å². The van der Waals surface area contributed by atoms with Gasteiger partial charge in [-0.1, -0.05) is 26.0 Å². The van der Waals surface area contributed by atoms with Gasteiger partial charge in [0.1, 0.15) is 5.75 Å². The first-order chi connectivity index (χ1) is 9.56. The first-order valence-electron chi connectivity index (χ1n) is 7.31. The summed E-state index contributed by atoms with van der Waals surface area (Å²) in [6, 6.07) is 7.95. The lowest BCUT2D eigenvalue weighted by molar-refractivity contribution is -0.123. The van der Waals surface area contributed by atoms with E-state index in [0.717, 1.165) is 5.75 Å². The van der Waals surface area contributed by atoms with Crippen molar-refractivity contribution in [2.75, 3.05) is 13.2 Å². The minimum Gasteiger partial charge on any atom is -0.484 e. The van der Waals surface area contributed by atoms with Crippen molar-refractivity contribution in [2.45, 2.75) is 38.6 Å². The highest BCUT2D eigenvalue weighted by molar-refractivity contribution is 5.77. The topological polar surface area (TPSA) is 64.3 Å². The van der Waals surface area contributed by atoms with Crippen molar-refractivity contribution >= 4 is 5.91 Å². The average molecular weight is 276 g/mol. The number of nitrogens with two attached hydrogens (primary N) is 1. The SMILES string of the molecule is CC(C)c1ccc(OCC(=O)NCC(N)C2CC2)cc1. The lowest BCUT2D eigenvalue weighted by Gasteiger charge is -2.12. The minimum atomic E-state index is -0.117. The number of nitrogens with one attached hydrogen (secondary N) is 1. The highest BCUT2D eigenvalue weighted by Crippen LogP contribution is 2.31. The van der Waals surface area contributed by atoms with Crippen LogP contribution in [-0.2, 0) is 4.79 Å². The Bertz CT molecular complexity index is 438. The highest BCUT2D eigenvalue weighted by Gasteiger charge is 2.28. The largest absolute Gasteiger partial charge is 0.484 e. The lowest BCUT2D eigenvalue weighted by Crippen LogP contribution is -2.40. The number of hydrogen-bond acceptors (Lipinski definition) is 3. The van der Waals surface area contributed by atoms with Crippen LogP contribution in [-0.4, -0.2) is 25.1 Å². The van der Waals surface area contributed by atoms with Gasteiger partial charge in [-0.2, -0.15) is 0 Å². The summed E-state index contributed by atoms with van der Waals surface area (Å²) in [5, 5.41) is 2.81. The maximum absolute atomic E-state index is 11.6. The Morgan fingerprint density at radius 2 is 2.00 bits per heavy atom. The number of ether oxygens (including phenoxy) is 1. The van der Waals surface area contributed by atoms with E-state index < -0.39 is 0 Å². The van der Waals surface area contributed by atoms with Gasteiger partial charge < -0.3 is 15.8 Å². The molecule has 2 rings (SSSR count). The summed E-state index contributed by atoms with van der Waals surface area (Å²) in [4.78, 5) is 11.6. The zero-order valence-corrected chi connectivity index (χ0v) is 12.3. The second-order valence-electron chi connectivity index (χ2n) is 5.82. The van der Waals surface area contributed by atoms with Crippen LogP contribution in [0.3, 0.4) is 0 Å². The molecule has 3 N–H and O–H groups in total. The van der Waals surface area contributed by atoms with E-state index in [-0.39, 0.29) is 18.6 Å². The van der Waals surface area contributed by atoms with Gasteiger partial charge in [0.2, 0.25) is 0 Å². The molecule has 0 bridgehead atoms. The Hall–Kier alpha value is -1.55. The summed E-state index contributed by atoms with van der Waals surface area (Å²) >= 11 is 0. The van der Waals surface area contributed by atoms with Gasteiger partial charge in [-0.25, -0.2) is 0 Å². The standard InChI is InChI=1S/C16H24N2O2/c1-11(2)12-5-7-14(8-6-12)20-10-16(19)18-9-15(17)13-3-4-13/h5-8,11,13,15H,3-4,9-10,17H2,1-2H3,(H,18,19). The molecule has 1 aliphatic carbocycles. The Balaban J connectivity index is 1.69. The van der Waals surface area contributed by atoms with Crippen LogP contribution in [0.4, 0.5) is 0 Å². The molecule has 1 amide bonds. The van der Waals surface area contributed by atoms with Crippen LogP contribution in [0.25, 0.3) is 0 Å². The van der Waals surface area contributed by atoms with Crippen LogP contribution >= 0.6 is 0 Å². The number of hydrogen-bond donors (Lipinski definition) is 2. The third-order valence-corrected chi connectivity index (χ3v) is 3.68. The molecule has 1 fully saturated rings. The molecule has 1 aromatic rings. The fourth-order valence-corrected chi connectivity index (χ4v) is 2.07. The van der Waals surface area contributed by atoms with Crippen molar-refractivity contribution in [1.82, 2.24) is 5.32 Å². The molecule has 4 heteroatoms. The van der Waals surface area contributed by atoms with Gasteiger partial charge in [-0.3, -0.25) is 4.79 Å². The predicted molar refractivity (Wildman–Crippen MR) is 79.7 cm³/mol. The molecule has 110 valence electrons. The number of carbonyl (C=O) groups excluding carboxylic acids is 1. The fraction of sp³-hybridized carbons (Fsp3) is 0.562. The summed E-state index contributed by atoms with van der Waals surface area (Å²) in [5.41, 5.74) is 7.19. The highest BCUT2D eigenvalue weighted by atomic mass is 16.5. The predicted octanol–water partition coefficient (Wildman–Crippen LogP) is 2.04. The molecule has 1 aromatic carbocycles. The van der Waals surface area contributed by atoms with E-state index in [9.17, 15) is 4.79 Å². The molecule has 0 heterocycles. The number of amides is 1. The quantitative estimate of drug-likeness (QED) is 0.801. The van der Waals surface area contributed by atoms with E-state index in [2.05, 4.69) is 19.2 Å². The van der Waals surface area contributed by atoms with Crippen LogP contribution in [0.15, 0.2) is 24.3 Å². The Labute approximate surface area is 120 Å².